The highest BCUT2D eigenvalue weighted by Gasteiger charge is 2.20. The van der Waals surface area contributed by atoms with Crippen molar-refractivity contribution in [3.8, 4) is 0 Å². The average Bonchev–Trinajstić information content (AvgIpc) is 2.52. The highest BCUT2D eigenvalue weighted by atomic mass is 19.3. The van der Waals surface area contributed by atoms with E-state index in [1.807, 2.05) is 9.88 Å². The van der Waals surface area contributed by atoms with E-state index in [2.05, 4.69) is 5.32 Å². The number of nitrogens with one attached hydrogen (secondary N) is 2. The standard InChI is InChI=1S/C15H15F4N3O/c16-11-5-8(7-22-3-1-20-2-4-22)12(17)13-9(11)6-10(14(18)19)15(23)21-13/h5-6,14,20H,1-4,7H2,(H,21,23). The molecular weight excluding hydrogens is 314 g/mol. The lowest BCUT2D eigenvalue weighted by Gasteiger charge is -2.27. The largest absolute Gasteiger partial charge is 0.319 e. The van der Waals surface area contributed by atoms with E-state index in [0.29, 0.717) is 19.2 Å². The number of rotatable bonds is 3. The molecule has 23 heavy (non-hydrogen) atoms. The predicted molar refractivity (Wildman–Crippen MR) is 77.6 cm³/mol. The number of aromatic nitrogens is 1. The minimum atomic E-state index is -3.05. The van der Waals surface area contributed by atoms with Gasteiger partial charge >= 0.3 is 0 Å². The fourth-order valence-corrected chi connectivity index (χ4v) is 2.75. The predicted octanol–water partition coefficient (Wildman–Crippen LogP) is 2.15. The minimum absolute atomic E-state index is 0.0948. The van der Waals surface area contributed by atoms with E-state index < -0.39 is 29.2 Å². The number of pyridine rings is 1. The maximum Gasteiger partial charge on any atom is 0.269 e. The van der Waals surface area contributed by atoms with Crippen molar-refractivity contribution < 1.29 is 17.6 Å². The summed E-state index contributed by atoms with van der Waals surface area (Å²) >= 11 is 0. The van der Waals surface area contributed by atoms with E-state index in [9.17, 15) is 22.4 Å². The highest BCUT2D eigenvalue weighted by molar-refractivity contribution is 5.81. The molecule has 0 unspecified atom stereocenters. The third kappa shape index (κ3) is 3.09. The van der Waals surface area contributed by atoms with Crippen LogP contribution in [0.5, 0.6) is 0 Å². The van der Waals surface area contributed by atoms with Crippen molar-refractivity contribution in [1.82, 2.24) is 15.2 Å². The van der Waals surface area contributed by atoms with Gasteiger partial charge in [0.15, 0.2) is 5.82 Å². The zero-order valence-electron chi connectivity index (χ0n) is 12.1. The van der Waals surface area contributed by atoms with Crippen molar-refractivity contribution in [1.29, 1.82) is 0 Å². The number of fused-ring (bicyclic) bond motifs is 1. The number of piperazine rings is 1. The maximum atomic E-state index is 14.6. The Kier molecular flexibility index (Phi) is 4.36. The molecule has 124 valence electrons. The summed E-state index contributed by atoms with van der Waals surface area (Å²) in [6, 6.07) is 1.72. The maximum absolute atomic E-state index is 14.6. The Hall–Kier alpha value is -1.93. The van der Waals surface area contributed by atoms with E-state index in [1.165, 1.54) is 0 Å². The molecule has 2 heterocycles. The summed E-state index contributed by atoms with van der Waals surface area (Å²) in [7, 11) is 0. The van der Waals surface area contributed by atoms with Crippen molar-refractivity contribution in [3.63, 3.8) is 0 Å². The fourth-order valence-electron chi connectivity index (χ4n) is 2.75. The van der Waals surface area contributed by atoms with Crippen LogP contribution in [0.2, 0.25) is 0 Å². The van der Waals surface area contributed by atoms with E-state index >= 15 is 0 Å². The Morgan fingerprint density at radius 2 is 1.87 bits per heavy atom. The Morgan fingerprint density at radius 3 is 2.52 bits per heavy atom. The molecule has 1 aliphatic rings. The number of alkyl halides is 2. The molecule has 1 aromatic heterocycles. The second-order valence-electron chi connectivity index (χ2n) is 5.50. The van der Waals surface area contributed by atoms with Gasteiger partial charge in [-0.3, -0.25) is 9.69 Å². The van der Waals surface area contributed by atoms with Crippen molar-refractivity contribution in [2.45, 2.75) is 13.0 Å². The lowest BCUT2D eigenvalue weighted by molar-refractivity contribution is 0.150. The Balaban J connectivity index is 2.06. The van der Waals surface area contributed by atoms with Crippen LogP contribution in [-0.2, 0) is 6.54 Å². The summed E-state index contributed by atoms with van der Waals surface area (Å²) in [5, 5.41) is 2.81. The number of aromatic amines is 1. The lowest BCUT2D eigenvalue weighted by atomic mass is 10.1. The average molecular weight is 329 g/mol. The fraction of sp³-hybridized carbons (Fsp3) is 0.400. The van der Waals surface area contributed by atoms with E-state index in [1.54, 1.807) is 0 Å². The van der Waals surface area contributed by atoms with Crippen molar-refractivity contribution in [2.24, 2.45) is 0 Å². The van der Waals surface area contributed by atoms with E-state index in [-0.39, 0.29) is 23.0 Å². The highest BCUT2D eigenvalue weighted by Crippen LogP contribution is 2.26. The van der Waals surface area contributed by atoms with Crippen LogP contribution in [-0.4, -0.2) is 36.1 Å². The first-order valence-corrected chi connectivity index (χ1v) is 7.22. The van der Waals surface area contributed by atoms with Gasteiger partial charge in [0.2, 0.25) is 0 Å². The Labute approximate surface area is 129 Å². The molecular formula is C15H15F4N3O. The zero-order chi connectivity index (χ0) is 16.6. The van der Waals surface area contributed by atoms with Crippen LogP contribution in [0.25, 0.3) is 10.9 Å². The van der Waals surface area contributed by atoms with Gasteiger partial charge in [-0.1, -0.05) is 0 Å². The van der Waals surface area contributed by atoms with E-state index in [0.717, 1.165) is 19.2 Å². The third-order valence-corrected chi connectivity index (χ3v) is 3.97. The normalized spacial score (nSPS) is 16.4. The smallest absolute Gasteiger partial charge is 0.269 e. The lowest BCUT2D eigenvalue weighted by Crippen LogP contribution is -2.43. The van der Waals surface area contributed by atoms with Crippen LogP contribution in [0, 0.1) is 11.6 Å². The van der Waals surface area contributed by atoms with Gasteiger partial charge in [-0.25, -0.2) is 17.6 Å². The number of H-pyrrole nitrogens is 1. The Bertz CT molecular complexity index is 784. The molecule has 0 radical (unpaired) electrons. The molecule has 1 aromatic carbocycles. The van der Waals surface area contributed by atoms with Crippen LogP contribution in [0.4, 0.5) is 17.6 Å². The molecule has 3 rings (SSSR count). The molecule has 1 aliphatic heterocycles. The number of hydrogen-bond donors (Lipinski definition) is 2. The Morgan fingerprint density at radius 1 is 1.17 bits per heavy atom. The molecule has 0 bridgehead atoms. The van der Waals surface area contributed by atoms with Gasteiger partial charge in [-0.05, 0) is 12.1 Å². The molecule has 8 heteroatoms. The summed E-state index contributed by atoms with van der Waals surface area (Å²) in [6.07, 6.45) is -3.05. The molecule has 0 saturated carbocycles. The molecule has 0 amide bonds. The molecule has 0 aliphatic carbocycles. The topological polar surface area (TPSA) is 48.1 Å². The quantitative estimate of drug-likeness (QED) is 0.849. The first-order chi connectivity index (χ1) is 11.0. The van der Waals surface area contributed by atoms with Gasteiger partial charge in [0, 0.05) is 43.7 Å². The van der Waals surface area contributed by atoms with Crippen molar-refractivity contribution in [2.75, 3.05) is 26.2 Å². The molecule has 2 N–H and O–H groups in total. The molecule has 0 atom stereocenters. The third-order valence-electron chi connectivity index (χ3n) is 3.97. The summed E-state index contributed by atoms with van der Waals surface area (Å²) < 4.78 is 54.2. The van der Waals surface area contributed by atoms with Crippen LogP contribution >= 0.6 is 0 Å². The minimum Gasteiger partial charge on any atom is -0.319 e. The number of halogens is 4. The number of hydrogen-bond acceptors (Lipinski definition) is 3. The molecule has 1 fully saturated rings. The molecule has 4 nitrogen and oxygen atoms in total. The van der Waals surface area contributed by atoms with Gasteiger partial charge in [-0.2, -0.15) is 0 Å². The van der Waals surface area contributed by atoms with Gasteiger partial charge < -0.3 is 10.3 Å². The summed E-state index contributed by atoms with van der Waals surface area (Å²) in [4.78, 5) is 15.6. The van der Waals surface area contributed by atoms with Gasteiger partial charge in [0.1, 0.15) is 5.82 Å². The van der Waals surface area contributed by atoms with Gasteiger partial charge in [0.25, 0.3) is 12.0 Å². The second-order valence-corrected chi connectivity index (χ2v) is 5.50. The second kappa shape index (κ2) is 6.29. The molecule has 2 aromatic rings. The molecule has 1 saturated heterocycles. The first-order valence-electron chi connectivity index (χ1n) is 7.22. The summed E-state index contributed by atoms with van der Waals surface area (Å²) in [5.41, 5.74) is -2.25. The van der Waals surface area contributed by atoms with Crippen LogP contribution in [0.3, 0.4) is 0 Å². The van der Waals surface area contributed by atoms with Gasteiger partial charge in [-0.15, -0.1) is 0 Å². The summed E-state index contributed by atoms with van der Waals surface area (Å²) in [6.45, 7) is 3.09. The summed E-state index contributed by atoms with van der Waals surface area (Å²) in [5.74, 6) is -1.61. The van der Waals surface area contributed by atoms with Crippen molar-refractivity contribution >= 4 is 10.9 Å². The number of benzene rings is 1. The molecule has 0 spiro atoms. The van der Waals surface area contributed by atoms with E-state index in [4.69, 9.17) is 0 Å². The van der Waals surface area contributed by atoms with Crippen LogP contribution in [0.1, 0.15) is 17.6 Å². The SMILES string of the molecule is O=c1[nH]c2c(F)c(CN3CCNCC3)cc(F)c2cc1C(F)F. The monoisotopic (exact) mass is 329 g/mol. The van der Waals surface area contributed by atoms with Crippen LogP contribution in [0.15, 0.2) is 16.9 Å². The van der Waals surface area contributed by atoms with Crippen LogP contribution < -0.4 is 10.9 Å². The van der Waals surface area contributed by atoms with Gasteiger partial charge in [0.05, 0.1) is 11.1 Å². The first kappa shape index (κ1) is 15.9. The zero-order valence-corrected chi connectivity index (χ0v) is 12.1. The number of nitrogens with zero attached hydrogens (tertiary/aromatic N) is 1. The van der Waals surface area contributed by atoms with Crippen molar-refractivity contribution in [3.05, 3.63) is 45.2 Å².